The standard InChI is InChI=1S/C48H48O19/c1-28(49)60-37-35(63-47(56-4)41(62-30(3)51)39(37)61-29(2)50)25-57-27-59-48-42(67-46(55)34-23-15-8-16-24-34)40(66-45(54)33-21-13-7-14-22-33)38(65-44(53)32-19-11-6-12-20-32)36(64-48)26-58-43(52)31-17-9-5-10-18-31/h5-24,35-42,47-48H,25-27H2,1-4H3/t35?,36?,37-,38-,39?,40?,41?,42?,47+,48+/m1/s1. The van der Waals surface area contributed by atoms with Gasteiger partial charge in [-0.15, -0.1) is 0 Å². The minimum Gasteiger partial charge on any atom is -0.459 e. The molecule has 4 aromatic rings. The molecule has 2 aliphatic heterocycles. The highest BCUT2D eigenvalue weighted by Gasteiger charge is 2.55. The van der Waals surface area contributed by atoms with Crippen molar-refractivity contribution in [2.75, 3.05) is 27.1 Å². The minimum absolute atomic E-state index is 0.0790. The molecular weight excluding hydrogens is 881 g/mol. The third-order valence-corrected chi connectivity index (χ3v) is 10.1. The van der Waals surface area contributed by atoms with Crippen molar-refractivity contribution < 1.29 is 90.4 Å². The van der Waals surface area contributed by atoms with Crippen LogP contribution in [0.2, 0.25) is 0 Å². The monoisotopic (exact) mass is 928 g/mol. The Morgan fingerprint density at radius 1 is 0.418 bits per heavy atom. The van der Waals surface area contributed by atoms with Crippen LogP contribution in [0.4, 0.5) is 0 Å². The number of hydrogen-bond acceptors (Lipinski definition) is 19. The van der Waals surface area contributed by atoms with Crippen LogP contribution in [0, 0.1) is 0 Å². The van der Waals surface area contributed by atoms with Crippen molar-refractivity contribution in [3.05, 3.63) is 144 Å². The summed E-state index contributed by atoms with van der Waals surface area (Å²) in [5.41, 5.74) is 0.440. The summed E-state index contributed by atoms with van der Waals surface area (Å²) in [6, 6.07) is 31.5. The highest BCUT2D eigenvalue weighted by atomic mass is 16.8. The van der Waals surface area contributed by atoms with Gasteiger partial charge in [0.1, 0.15) is 25.6 Å². The summed E-state index contributed by atoms with van der Waals surface area (Å²) in [5.74, 6) is -5.89. The second-order valence-corrected chi connectivity index (χ2v) is 14.9. The number of benzene rings is 4. The van der Waals surface area contributed by atoms with Crippen LogP contribution in [0.5, 0.6) is 0 Å². The zero-order chi connectivity index (χ0) is 47.9. The van der Waals surface area contributed by atoms with Gasteiger partial charge in [-0.2, -0.15) is 0 Å². The number of carbonyl (C=O) groups excluding carboxylic acids is 7. The van der Waals surface area contributed by atoms with E-state index in [1.165, 1.54) is 55.6 Å². The highest BCUT2D eigenvalue weighted by Crippen LogP contribution is 2.33. The molecule has 4 aromatic carbocycles. The predicted molar refractivity (Wildman–Crippen MR) is 227 cm³/mol. The van der Waals surface area contributed by atoms with Crippen molar-refractivity contribution >= 4 is 41.8 Å². The van der Waals surface area contributed by atoms with Gasteiger partial charge >= 0.3 is 41.8 Å². The summed E-state index contributed by atoms with van der Waals surface area (Å²) in [4.78, 5) is 91.5. The molecule has 2 aliphatic rings. The van der Waals surface area contributed by atoms with Crippen molar-refractivity contribution in [2.24, 2.45) is 0 Å². The van der Waals surface area contributed by atoms with Gasteiger partial charge in [0.2, 0.25) is 6.29 Å². The van der Waals surface area contributed by atoms with Gasteiger partial charge in [-0.3, -0.25) is 14.4 Å². The summed E-state index contributed by atoms with van der Waals surface area (Å²) in [5, 5.41) is 0. The second-order valence-electron chi connectivity index (χ2n) is 14.9. The quantitative estimate of drug-likeness (QED) is 0.0582. The Morgan fingerprint density at radius 2 is 0.761 bits per heavy atom. The van der Waals surface area contributed by atoms with Crippen molar-refractivity contribution in [3.63, 3.8) is 0 Å². The first-order chi connectivity index (χ1) is 32.3. The van der Waals surface area contributed by atoms with Crippen LogP contribution in [0.1, 0.15) is 62.2 Å². The van der Waals surface area contributed by atoms with Crippen LogP contribution >= 0.6 is 0 Å². The SMILES string of the molecule is CO[C@H]1OC(COCO[C@H]2OC(COC(=O)c3ccccc3)[C@@H](OC(=O)c3ccccc3)C(OC(=O)c3ccccc3)C2OC(=O)c2ccccc2)[C@@H](OC(C)=O)C(OC(C)=O)C1OC(C)=O. The molecule has 0 spiro atoms. The van der Waals surface area contributed by atoms with Crippen LogP contribution in [-0.2, 0) is 71.2 Å². The fourth-order valence-electron chi connectivity index (χ4n) is 7.12. The third-order valence-electron chi connectivity index (χ3n) is 10.1. The Bertz CT molecular complexity index is 2290. The van der Waals surface area contributed by atoms with E-state index < -0.39 is 123 Å². The molecule has 67 heavy (non-hydrogen) atoms. The van der Waals surface area contributed by atoms with Crippen molar-refractivity contribution in [2.45, 2.75) is 82.2 Å². The fourth-order valence-corrected chi connectivity index (χ4v) is 7.12. The Hall–Kier alpha value is -7.03. The fraction of sp³-hybridized carbons (Fsp3) is 0.354. The molecule has 19 nitrogen and oxygen atoms in total. The maximum atomic E-state index is 13.9. The van der Waals surface area contributed by atoms with E-state index in [4.69, 9.17) is 56.8 Å². The van der Waals surface area contributed by atoms with Gasteiger partial charge in [0.25, 0.3) is 0 Å². The first-order valence-electron chi connectivity index (χ1n) is 20.9. The van der Waals surface area contributed by atoms with E-state index in [1.54, 1.807) is 72.8 Å². The van der Waals surface area contributed by atoms with Gasteiger partial charge in [-0.25, -0.2) is 19.2 Å². The summed E-state index contributed by atoms with van der Waals surface area (Å²) in [6.45, 7) is 1.52. The molecule has 0 N–H and O–H groups in total. The summed E-state index contributed by atoms with van der Waals surface area (Å²) < 4.78 is 69.9. The Labute approximate surface area is 384 Å². The lowest BCUT2D eigenvalue weighted by Gasteiger charge is -2.44. The first-order valence-corrected chi connectivity index (χ1v) is 20.9. The lowest BCUT2D eigenvalue weighted by Crippen LogP contribution is -2.63. The van der Waals surface area contributed by atoms with Crippen molar-refractivity contribution in [3.8, 4) is 0 Å². The molecule has 6 unspecified atom stereocenters. The summed E-state index contributed by atoms with van der Waals surface area (Å²) in [6.07, 6.45) is -15.1. The van der Waals surface area contributed by atoms with E-state index in [0.29, 0.717) is 0 Å². The van der Waals surface area contributed by atoms with E-state index in [-0.39, 0.29) is 22.3 Å². The Morgan fingerprint density at radius 3 is 1.22 bits per heavy atom. The van der Waals surface area contributed by atoms with Gasteiger partial charge in [0.05, 0.1) is 28.9 Å². The van der Waals surface area contributed by atoms with Gasteiger partial charge < -0.3 is 56.8 Å². The molecule has 2 heterocycles. The number of ether oxygens (including phenoxy) is 12. The first kappa shape index (κ1) is 49.4. The molecule has 0 radical (unpaired) electrons. The Balaban J connectivity index is 1.34. The molecule has 0 aromatic heterocycles. The zero-order valence-electron chi connectivity index (χ0n) is 36.7. The lowest BCUT2D eigenvalue weighted by atomic mass is 9.97. The third kappa shape index (κ3) is 13.5. The molecule has 0 aliphatic carbocycles. The van der Waals surface area contributed by atoms with Gasteiger partial charge in [-0.1, -0.05) is 72.8 Å². The van der Waals surface area contributed by atoms with E-state index in [0.717, 1.165) is 20.8 Å². The maximum Gasteiger partial charge on any atom is 0.338 e. The van der Waals surface area contributed by atoms with Gasteiger partial charge in [0, 0.05) is 27.9 Å². The van der Waals surface area contributed by atoms with Crippen molar-refractivity contribution in [1.29, 1.82) is 0 Å². The topological polar surface area (TPSA) is 230 Å². The van der Waals surface area contributed by atoms with E-state index in [1.807, 2.05) is 0 Å². The second kappa shape index (κ2) is 23.9. The molecule has 0 saturated carbocycles. The number of esters is 7. The largest absolute Gasteiger partial charge is 0.459 e. The molecule has 2 saturated heterocycles. The number of hydrogen-bond donors (Lipinski definition) is 0. The normalized spacial score (nSPS) is 24.5. The van der Waals surface area contributed by atoms with E-state index in [2.05, 4.69) is 0 Å². The number of carbonyl (C=O) groups is 7. The molecule has 19 heteroatoms. The minimum atomic E-state index is -1.73. The smallest absolute Gasteiger partial charge is 0.338 e. The van der Waals surface area contributed by atoms with Crippen LogP contribution in [-0.4, -0.2) is 130 Å². The Kier molecular flexibility index (Phi) is 17.7. The molecule has 354 valence electrons. The molecule has 6 rings (SSSR count). The molecule has 0 amide bonds. The van der Waals surface area contributed by atoms with E-state index >= 15 is 0 Å². The van der Waals surface area contributed by atoms with Crippen molar-refractivity contribution in [1.82, 2.24) is 0 Å². The van der Waals surface area contributed by atoms with Crippen LogP contribution in [0.3, 0.4) is 0 Å². The van der Waals surface area contributed by atoms with Crippen LogP contribution < -0.4 is 0 Å². The molecule has 10 atom stereocenters. The highest BCUT2D eigenvalue weighted by molar-refractivity contribution is 5.91. The summed E-state index contributed by atoms with van der Waals surface area (Å²) >= 11 is 0. The average Bonchev–Trinajstić information content (AvgIpc) is 3.33. The average molecular weight is 929 g/mol. The van der Waals surface area contributed by atoms with Crippen LogP contribution in [0.25, 0.3) is 0 Å². The predicted octanol–water partition coefficient (Wildman–Crippen LogP) is 4.40. The molecular formula is C48H48O19. The van der Waals surface area contributed by atoms with Crippen LogP contribution in [0.15, 0.2) is 121 Å². The zero-order valence-corrected chi connectivity index (χ0v) is 36.7. The number of methoxy groups -OCH3 is 1. The lowest BCUT2D eigenvalue weighted by molar-refractivity contribution is -0.324. The molecule has 0 bridgehead atoms. The summed E-state index contributed by atoms with van der Waals surface area (Å²) in [7, 11) is 1.25. The molecule has 2 fully saturated rings. The van der Waals surface area contributed by atoms with Gasteiger partial charge in [-0.05, 0) is 48.5 Å². The maximum absolute atomic E-state index is 13.9. The number of rotatable bonds is 18. The van der Waals surface area contributed by atoms with E-state index in [9.17, 15) is 33.6 Å². The van der Waals surface area contributed by atoms with Gasteiger partial charge in [0.15, 0.2) is 42.9 Å².